The third-order valence-electron chi connectivity index (χ3n) is 5.71. The van der Waals surface area contributed by atoms with Crippen LogP contribution in [0, 0.1) is 0 Å². The average molecular weight is 425 g/mol. The number of H-pyrrole nitrogens is 1. The van der Waals surface area contributed by atoms with Crippen LogP contribution in [-0.4, -0.2) is 57.1 Å². The van der Waals surface area contributed by atoms with Crippen molar-refractivity contribution in [2.24, 2.45) is 7.05 Å². The topological polar surface area (TPSA) is 89.4 Å². The molecule has 1 aromatic carbocycles. The fraction of sp³-hybridized carbons (Fsp3) is 0.435. The van der Waals surface area contributed by atoms with Crippen molar-refractivity contribution in [1.82, 2.24) is 19.4 Å². The van der Waals surface area contributed by atoms with Gasteiger partial charge >= 0.3 is 5.97 Å². The first-order valence-corrected chi connectivity index (χ1v) is 10.8. The summed E-state index contributed by atoms with van der Waals surface area (Å²) < 4.78 is 12.7. The number of carbonyl (C=O) groups excluding carboxylic acids is 2. The monoisotopic (exact) mass is 424 g/mol. The molecule has 1 atom stereocenters. The Bertz CT molecular complexity index is 1070. The van der Waals surface area contributed by atoms with Gasteiger partial charge in [0.25, 0.3) is 11.9 Å². The minimum absolute atomic E-state index is 0.0401. The molecule has 3 heterocycles. The number of benzene rings is 1. The summed E-state index contributed by atoms with van der Waals surface area (Å²) in [6.07, 6.45) is 5.51. The molecule has 1 aliphatic heterocycles. The SMILES string of the molecule is CCOc1nc2ccc(C(=O)OCCC3CCCCN3C(=O)c3cccn3C)cc2[nH]1. The molecule has 1 unspecified atom stereocenters. The molecule has 1 aliphatic rings. The summed E-state index contributed by atoms with van der Waals surface area (Å²) in [5.74, 6) is -0.344. The molecule has 0 spiro atoms. The summed E-state index contributed by atoms with van der Waals surface area (Å²) in [5.41, 5.74) is 2.60. The molecule has 1 saturated heterocycles. The molecule has 2 aromatic heterocycles. The molecule has 8 nitrogen and oxygen atoms in total. The molecule has 0 bridgehead atoms. The van der Waals surface area contributed by atoms with E-state index in [0.29, 0.717) is 30.3 Å². The first-order chi connectivity index (χ1) is 15.1. The number of carbonyl (C=O) groups is 2. The fourth-order valence-corrected chi connectivity index (χ4v) is 4.09. The first-order valence-electron chi connectivity index (χ1n) is 10.8. The molecule has 1 N–H and O–H groups in total. The number of nitrogens with zero attached hydrogens (tertiary/aromatic N) is 3. The zero-order chi connectivity index (χ0) is 21.8. The zero-order valence-electron chi connectivity index (χ0n) is 18.0. The van der Waals surface area contributed by atoms with Crippen LogP contribution < -0.4 is 4.74 Å². The number of fused-ring (bicyclic) bond motifs is 1. The van der Waals surface area contributed by atoms with E-state index in [1.54, 1.807) is 18.2 Å². The second-order valence-electron chi connectivity index (χ2n) is 7.78. The minimum atomic E-state index is -0.384. The maximum absolute atomic E-state index is 13.0. The van der Waals surface area contributed by atoms with Crippen LogP contribution in [0.4, 0.5) is 0 Å². The number of piperidine rings is 1. The average Bonchev–Trinajstić information content (AvgIpc) is 3.38. The molecule has 1 fully saturated rings. The lowest BCUT2D eigenvalue weighted by Crippen LogP contribution is -2.44. The highest BCUT2D eigenvalue weighted by molar-refractivity contribution is 5.94. The van der Waals surface area contributed by atoms with Crippen LogP contribution in [0.25, 0.3) is 11.0 Å². The number of likely N-dealkylation sites (tertiary alicyclic amines) is 1. The number of amides is 1. The predicted octanol–water partition coefficient (Wildman–Crippen LogP) is 3.54. The smallest absolute Gasteiger partial charge is 0.338 e. The van der Waals surface area contributed by atoms with Gasteiger partial charge < -0.3 is 23.9 Å². The largest absolute Gasteiger partial charge is 0.465 e. The quantitative estimate of drug-likeness (QED) is 0.586. The lowest BCUT2D eigenvalue weighted by molar-refractivity contribution is 0.0406. The summed E-state index contributed by atoms with van der Waals surface area (Å²) in [6.45, 7) is 3.41. The highest BCUT2D eigenvalue weighted by atomic mass is 16.5. The summed E-state index contributed by atoms with van der Waals surface area (Å²) in [4.78, 5) is 34.8. The van der Waals surface area contributed by atoms with Crippen LogP contribution in [0.3, 0.4) is 0 Å². The molecule has 1 amide bonds. The molecule has 164 valence electrons. The van der Waals surface area contributed by atoms with Gasteiger partial charge in [-0.15, -0.1) is 0 Å². The van der Waals surface area contributed by atoms with E-state index in [9.17, 15) is 9.59 Å². The lowest BCUT2D eigenvalue weighted by atomic mass is 9.99. The standard InChI is InChI=1S/C23H28N4O4/c1-3-30-23-24-18-10-9-16(15-19(18)25-23)22(29)31-14-11-17-7-4-5-13-27(17)21(28)20-8-6-12-26(20)2/h6,8-10,12,15,17H,3-5,7,11,13-14H2,1-2H3,(H,24,25). The Labute approximate surface area is 181 Å². The van der Waals surface area contributed by atoms with Crippen LogP contribution in [0.1, 0.15) is 53.5 Å². The molecule has 4 rings (SSSR count). The van der Waals surface area contributed by atoms with Gasteiger partial charge in [-0.3, -0.25) is 4.79 Å². The van der Waals surface area contributed by atoms with E-state index >= 15 is 0 Å². The summed E-state index contributed by atoms with van der Waals surface area (Å²) in [7, 11) is 1.88. The van der Waals surface area contributed by atoms with E-state index in [4.69, 9.17) is 9.47 Å². The van der Waals surface area contributed by atoms with Gasteiger partial charge in [0, 0.05) is 32.3 Å². The maximum Gasteiger partial charge on any atom is 0.338 e. The number of ether oxygens (including phenoxy) is 2. The third kappa shape index (κ3) is 4.57. The Balaban J connectivity index is 1.36. The van der Waals surface area contributed by atoms with Gasteiger partial charge in [-0.2, -0.15) is 4.98 Å². The van der Waals surface area contributed by atoms with E-state index < -0.39 is 0 Å². The van der Waals surface area contributed by atoms with Gasteiger partial charge in [-0.25, -0.2) is 4.79 Å². The number of aryl methyl sites for hydroxylation is 1. The molecular formula is C23H28N4O4. The number of imidazole rings is 1. The predicted molar refractivity (Wildman–Crippen MR) is 116 cm³/mol. The molecule has 31 heavy (non-hydrogen) atoms. The highest BCUT2D eigenvalue weighted by Gasteiger charge is 2.28. The van der Waals surface area contributed by atoms with Gasteiger partial charge in [0.15, 0.2) is 0 Å². The normalized spacial score (nSPS) is 16.5. The fourth-order valence-electron chi connectivity index (χ4n) is 4.09. The number of nitrogens with one attached hydrogen (secondary N) is 1. The van der Waals surface area contributed by atoms with Crippen molar-refractivity contribution in [3.8, 4) is 6.01 Å². The van der Waals surface area contributed by atoms with Gasteiger partial charge in [0.1, 0.15) is 5.69 Å². The van der Waals surface area contributed by atoms with Crippen LogP contribution in [-0.2, 0) is 11.8 Å². The Morgan fingerprint density at radius 1 is 1.26 bits per heavy atom. The second kappa shape index (κ2) is 9.24. The van der Waals surface area contributed by atoms with Gasteiger partial charge in [-0.05, 0) is 56.5 Å². The van der Waals surface area contributed by atoms with E-state index in [-0.39, 0.29) is 24.5 Å². The van der Waals surface area contributed by atoms with E-state index in [2.05, 4.69) is 9.97 Å². The molecule has 0 aliphatic carbocycles. The number of esters is 1. The second-order valence-corrected chi connectivity index (χ2v) is 7.78. The van der Waals surface area contributed by atoms with Crippen molar-refractivity contribution in [3.05, 3.63) is 47.8 Å². The van der Waals surface area contributed by atoms with Crippen molar-refractivity contribution < 1.29 is 19.1 Å². The molecule has 8 heteroatoms. The van der Waals surface area contributed by atoms with E-state index in [1.165, 1.54) is 0 Å². The van der Waals surface area contributed by atoms with Crippen LogP contribution >= 0.6 is 0 Å². The molecule has 3 aromatic rings. The highest BCUT2D eigenvalue weighted by Crippen LogP contribution is 2.23. The van der Waals surface area contributed by atoms with E-state index in [1.807, 2.05) is 41.8 Å². The van der Waals surface area contributed by atoms with Crippen molar-refractivity contribution in [3.63, 3.8) is 0 Å². The molecule has 0 saturated carbocycles. The van der Waals surface area contributed by atoms with Crippen molar-refractivity contribution in [2.75, 3.05) is 19.8 Å². The molecule has 0 radical (unpaired) electrons. The summed E-state index contributed by atoms with van der Waals surface area (Å²) in [6, 6.07) is 9.42. The molecular weight excluding hydrogens is 396 g/mol. The third-order valence-corrected chi connectivity index (χ3v) is 5.71. The van der Waals surface area contributed by atoms with Crippen LogP contribution in [0.2, 0.25) is 0 Å². The van der Waals surface area contributed by atoms with Crippen molar-refractivity contribution in [2.45, 2.75) is 38.6 Å². The Kier molecular flexibility index (Phi) is 6.25. The number of aromatic nitrogens is 3. The Hall–Kier alpha value is -3.29. The van der Waals surface area contributed by atoms with Crippen LogP contribution in [0.5, 0.6) is 6.01 Å². The Morgan fingerprint density at radius 3 is 2.90 bits per heavy atom. The first kappa shape index (κ1) is 21.0. The number of rotatable bonds is 7. The number of aromatic amines is 1. The minimum Gasteiger partial charge on any atom is -0.465 e. The summed E-state index contributed by atoms with van der Waals surface area (Å²) >= 11 is 0. The van der Waals surface area contributed by atoms with E-state index in [0.717, 1.165) is 36.8 Å². The van der Waals surface area contributed by atoms with Gasteiger partial charge in [0.05, 0.1) is 29.8 Å². The van der Waals surface area contributed by atoms with Gasteiger partial charge in [0.2, 0.25) is 0 Å². The zero-order valence-corrected chi connectivity index (χ0v) is 18.0. The van der Waals surface area contributed by atoms with Crippen molar-refractivity contribution >= 4 is 22.9 Å². The maximum atomic E-state index is 13.0. The lowest BCUT2D eigenvalue weighted by Gasteiger charge is -2.35. The van der Waals surface area contributed by atoms with Crippen molar-refractivity contribution in [1.29, 1.82) is 0 Å². The number of hydrogen-bond donors (Lipinski definition) is 1. The number of hydrogen-bond acceptors (Lipinski definition) is 5. The summed E-state index contributed by atoms with van der Waals surface area (Å²) in [5, 5.41) is 0. The van der Waals surface area contributed by atoms with Gasteiger partial charge in [-0.1, -0.05) is 0 Å². The Morgan fingerprint density at radius 2 is 2.13 bits per heavy atom. The van der Waals surface area contributed by atoms with Crippen LogP contribution in [0.15, 0.2) is 36.5 Å².